The number of anilines is 1. The number of fused-ring (bicyclic) bond motifs is 1. The van der Waals surface area contributed by atoms with Gasteiger partial charge < -0.3 is 14.7 Å². The maximum atomic E-state index is 12.5. The molecule has 1 fully saturated rings. The lowest BCUT2D eigenvalue weighted by atomic mass is 10.1. The molecule has 1 amide bonds. The molecular weight excluding hydrogens is 326 g/mol. The number of aromatic nitrogens is 2. The quantitative estimate of drug-likeness (QED) is 0.771. The number of piperazine rings is 1. The van der Waals surface area contributed by atoms with Crippen molar-refractivity contribution in [2.75, 3.05) is 51.2 Å². The summed E-state index contributed by atoms with van der Waals surface area (Å²) in [6, 6.07) is 0. The van der Waals surface area contributed by atoms with E-state index in [1.165, 1.54) is 5.56 Å². The Hall–Kier alpha value is -1.95. The second kappa shape index (κ2) is 8.16. The van der Waals surface area contributed by atoms with E-state index in [1.54, 1.807) is 6.08 Å². The molecule has 0 aliphatic carbocycles. The molecule has 0 atom stereocenters. The molecule has 0 saturated carbocycles. The summed E-state index contributed by atoms with van der Waals surface area (Å²) in [5.41, 5.74) is 3.43. The van der Waals surface area contributed by atoms with Crippen LogP contribution in [-0.4, -0.2) is 72.0 Å². The predicted octanol–water partition coefficient (Wildman–Crippen LogP) is 1.68. The lowest BCUT2D eigenvalue weighted by Crippen LogP contribution is -2.45. The van der Waals surface area contributed by atoms with Gasteiger partial charge in [-0.15, -0.1) is 0 Å². The molecule has 3 heterocycles. The van der Waals surface area contributed by atoms with E-state index in [0.29, 0.717) is 0 Å². The van der Waals surface area contributed by atoms with Crippen LogP contribution in [0.15, 0.2) is 11.6 Å². The molecule has 1 aromatic rings. The molecule has 2 aliphatic rings. The Labute approximate surface area is 156 Å². The van der Waals surface area contributed by atoms with Gasteiger partial charge in [0.1, 0.15) is 11.6 Å². The van der Waals surface area contributed by atoms with Gasteiger partial charge in [0.2, 0.25) is 5.91 Å². The number of hydrogen-bond donors (Lipinski definition) is 0. The van der Waals surface area contributed by atoms with Crippen molar-refractivity contribution in [3.63, 3.8) is 0 Å². The van der Waals surface area contributed by atoms with Gasteiger partial charge in [-0.2, -0.15) is 0 Å². The number of aryl methyl sites for hydroxylation is 1. The van der Waals surface area contributed by atoms with Crippen molar-refractivity contribution in [2.24, 2.45) is 0 Å². The van der Waals surface area contributed by atoms with Gasteiger partial charge in [0.15, 0.2) is 0 Å². The number of amides is 1. The van der Waals surface area contributed by atoms with Crippen molar-refractivity contribution < 1.29 is 4.79 Å². The Balaban J connectivity index is 1.87. The molecule has 6 nitrogen and oxygen atoms in total. The summed E-state index contributed by atoms with van der Waals surface area (Å²) in [7, 11) is 2.17. The Bertz CT molecular complexity index is 688. The molecule has 1 aromatic heterocycles. The molecule has 3 rings (SSSR count). The molecule has 26 heavy (non-hydrogen) atoms. The number of allylic oxidation sites excluding steroid dienone is 1. The minimum Gasteiger partial charge on any atom is -0.354 e. The van der Waals surface area contributed by atoms with E-state index in [2.05, 4.69) is 23.8 Å². The first-order valence-corrected chi connectivity index (χ1v) is 9.74. The maximum Gasteiger partial charge on any atom is 0.246 e. The monoisotopic (exact) mass is 357 g/mol. The van der Waals surface area contributed by atoms with Gasteiger partial charge in [-0.1, -0.05) is 12.5 Å². The lowest BCUT2D eigenvalue weighted by molar-refractivity contribution is -0.125. The van der Waals surface area contributed by atoms with E-state index in [-0.39, 0.29) is 5.91 Å². The molecule has 0 N–H and O–H groups in total. The second-order valence-electron chi connectivity index (χ2n) is 7.58. The van der Waals surface area contributed by atoms with E-state index in [4.69, 9.17) is 9.97 Å². The largest absolute Gasteiger partial charge is 0.354 e. The summed E-state index contributed by atoms with van der Waals surface area (Å²) in [5, 5.41) is 0. The standard InChI is InChI=1S/C20H31N5O/c1-5-18-21-17-7-9-24(19(26)14-15(2)3)8-6-16(17)20(22-18)25-12-10-23(4)11-13-25/h14H,5-13H2,1-4H3. The fourth-order valence-electron chi connectivity index (χ4n) is 3.63. The van der Waals surface area contributed by atoms with Crippen LogP contribution in [-0.2, 0) is 24.1 Å². The first-order chi connectivity index (χ1) is 12.5. The Kier molecular flexibility index (Phi) is 5.91. The lowest BCUT2D eigenvalue weighted by Gasteiger charge is -2.34. The summed E-state index contributed by atoms with van der Waals surface area (Å²) >= 11 is 0. The zero-order valence-electron chi connectivity index (χ0n) is 16.6. The van der Waals surface area contributed by atoms with Gasteiger partial charge in [-0.25, -0.2) is 9.97 Å². The summed E-state index contributed by atoms with van der Waals surface area (Å²) < 4.78 is 0. The maximum absolute atomic E-state index is 12.5. The van der Waals surface area contributed by atoms with E-state index < -0.39 is 0 Å². The fourth-order valence-corrected chi connectivity index (χ4v) is 3.63. The van der Waals surface area contributed by atoms with Gasteiger partial charge in [0.05, 0.1) is 5.69 Å². The molecule has 142 valence electrons. The molecule has 0 aromatic carbocycles. The number of carbonyl (C=O) groups is 1. The van der Waals surface area contributed by atoms with Crippen LogP contribution in [0.3, 0.4) is 0 Å². The van der Waals surface area contributed by atoms with E-state index in [1.807, 2.05) is 18.7 Å². The third kappa shape index (κ3) is 4.23. The third-order valence-electron chi connectivity index (χ3n) is 5.21. The minimum absolute atomic E-state index is 0.114. The molecular formula is C20H31N5O. The van der Waals surface area contributed by atoms with Crippen LogP contribution in [0.1, 0.15) is 37.9 Å². The number of likely N-dealkylation sites (N-methyl/N-ethyl adjacent to an activating group) is 1. The first-order valence-electron chi connectivity index (χ1n) is 9.74. The van der Waals surface area contributed by atoms with Crippen LogP contribution in [0.2, 0.25) is 0 Å². The predicted molar refractivity (Wildman–Crippen MR) is 105 cm³/mol. The van der Waals surface area contributed by atoms with Crippen LogP contribution in [0.25, 0.3) is 0 Å². The summed E-state index contributed by atoms with van der Waals surface area (Å²) in [6.45, 7) is 11.6. The number of rotatable bonds is 3. The highest BCUT2D eigenvalue weighted by molar-refractivity contribution is 5.88. The highest BCUT2D eigenvalue weighted by Gasteiger charge is 2.25. The molecule has 0 radical (unpaired) electrons. The smallest absolute Gasteiger partial charge is 0.246 e. The summed E-state index contributed by atoms with van der Waals surface area (Å²) in [4.78, 5) is 28.9. The fraction of sp³-hybridized carbons (Fsp3) is 0.650. The van der Waals surface area contributed by atoms with Gasteiger partial charge in [0, 0.05) is 63.7 Å². The highest BCUT2D eigenvalue weighted by atomic mass is 16.2. The van der Waals surface area contributed by atoms with Crippen molar-refractivity contribution in [1.29, 1.82) is 0 Å². The van der Waals surface area contributed by atoms with Crippen LogP contribution in [0.5, 0.6) is 0 Å². The molecule has 0 unspecified atom stereocenters. The van der Waals surface area contributed by atoms with Gasteiger partial charge >= 0.3 is 0 Å². The zero-order valence-corrected chi connectivity index (χ0v) is 16.6. The number of hydrogen-bond acceptors (Lipinski definition) is 5. The molecule has 0 bridgehead atoms. The summed E-state index contributed by atoms with van der Waals surface area (Å²) in [6.07, 6.45) is 4.23. The van der Waals surface area contributed by atoms with Gasteiger partial charge in [-0.05, 0) is 27.3 Å². The second-order valence-corrected chi connectivity index (χ2v) is 7.58. The Morgan fingerprint density at radius 2 is 1.73 bits per heavy atom. The van der Waals surface area contributed by atoms with Crippen LogP contribution in [0.4, 0.5) is 5.82 Å². The molecule has 0 spiro atoms. The SMILES string of the molecule is CCc1nc2c(c(N3CCN(C)CC3)n1)CCN(C(=O)C=C(C)C)CC2. The molecule has 6 heteroatoms. The molecule has 2 aliphatic heterocycles. The number of carbonyl (C=O) groups excluding carboxylic acids is 1. The van der Waals surface area contributed by atoms with Crippen LogP contribution in [0, 0.1) is 0 Å². The van der Waals surface area contributed by atoms with Crippen molar-refractivity contribution in [1.82, 2.24) is 19.8 Å². The van der Waals surface area contributed by atoms with E-state index in [0.717, 1.165) is 81.4 Å². The molecule has 1 saturated heterocycles. The van der Waals surface area contributed by atoms with Gasteiger partial charge in [0.25, 0.3) is 0 Å². The Morgan fingerprint density at radius 3 is 2.38 bits per heavy atom. The van der Waals surface area contributed by atoms with E-state index >= 15 is 0 Å². The van der Waals surface area contributed by atoms with Crippen molar-refractivity contribution >= 4 is 11.7 Å². The normalized spacial score (nSPS) is 18.3. The van der Waals surface area contributed by atoms with Crippen molar-refractivity contribution in [2.45, 2.75) is 40.0 Å². The first kappa shape index (κ1) is 18.8. The van der Waals surface area contributed by atoms with Crippen LogP contribution < -0.4 is 4.90 Å². The summed E-state index contributed by atoms with van der Waals surface area (Å²) in [5.74, 6) is 2.14. The van der Waals surface area contributed by atoms with Gasteiger partial charge in [-0.3, -0.25) is 4.79 Å². The van der Waals surface area contributed by atoms with Crippen molar-refractivity contribution in [3.05, 3.63) is 28.7 Å². The Morgan fingerprint density at radius 1 is 1.04 bits per heavy atom. The zero-order chi connectivity index (χ0) is 18.7. The third-order valence-corrected chi connectivity index (χ3v) is 5.21. The average Bonchev–Trinajstić information content (AvgIpc) is 2.83. The van der Waals surface area contributed by atoms with Crippen LogP contribution >= 0.6 is 0 Å². The average molecular weight is 358 g/mol. The highest BCUT2D eigenvalue weighted by Crippen LogP contribution is 2.26. The topological polar surface area (TPSA) is 52.6 Å². The van der Waals surface area contributed by atoms with Crippen molar-refractivity contribution in [3.8, 4) is 0 Å². The van der Waals surface area contributed by atoms with E-state index in [9.17, 15) is 4.79 Å². The minimum atomic E-state index is 0.114. The number of nitrogens with zero attached hydrogens (tertiary/aromatic N) is 5.